The first-order chi connectivity index (χ1) is 12.6. The monoisotopic (exact) mass is 348 g/mol. The van der Waals surface area contributed by atoms with Crippen LogP contribution in [0.5, 0.6) is 0 Å². The van der Waals surface area contributed by atoms with E-state index in [-0.39, 0.29) is 5.91 Å². The lowest BCUT2D eigenvalue weighted by Gasteiger charge is -2.15. The molecule has 0 unspecified atom stereocenters. The van der Waals surface area contributed by atoms with Crippen molar-refractivity contribution in [1.82, 2.24) is 29.2 Å². The maximum Gasteiger partial charge on any atom is 0.274 e. The van der Waals surface area contributed by atoms with Crippen LogP contribution in [0.2, 0.25) is 0 Å². The van der Waals surface area contributed by atoms with Crippen molar-refractivity contribution in [3.63, 3.8) is 0 Å². The molecule has 0 radical (unpaired) electrons. The minimum Gasteiger partial charge on any atom is -0.341 e. The molecule has 0 atom stereocenters. The third-order valence-corrected chi connectivity index (χ3v) is 4.52. The van der Waals surface area contributed by atoms with Gasteiger partial charge in [0, 0.05) is 38.2 Å². The lowest BCUT2D eigenvalue weighted by molar-refractivity contribution is 0.0774. The Morgan fingerprint density at radius 2 is 2.08 bits per heavy atom. The summed E-state index contributed by atoms with van der Waals surface area (Å²) in [4.78, 5) is 18.5. The second kappa shape index (κ2) is 6.51. The number of fused-ring (bicyclic) bond motifs is 1. The first-order valence-electron chi connectivity index (χ1n) is 8.41. The molecule has 4 aromatic rings. The van der Waals surface area contributed by atoms with Crippen molar-refractivity contribution in [2.24, 2.45) is 7.05 Å². The van der Waals surface area contributed by atoms with Crippen LogP contribution < -0.4 is 0 Å². The number of hydrogen-bond donors (Lipinski definition) is 1. The number of para-hydroxylation sites is 1. The fourth-order valence-corrected chi connectivity index (χ4v) is 3.04. The highest BCUT2D eigenvalue weighted by Gasteiger charge is 2.17. The molecular weight excluding hydrogens is 328 g/mol. The van der Waals surface area contributed by atoms with Crippen LogP contribution in [0.1, 0.15) is 22.0 Å². The highest BCUT2D eigenvalue weighted by atomic mass is 16.2. The number of H-pyrrole nitrogens is 1. The van der Waals surface area contributed by atoms with Crippen molar-refractivity contribution < 1.29 is 4.79 Å². The molecule has 3 heterocycles. The number of aromatic nitrogens is 5. The standard InChI is InChI=1S/C19H20N6O/c1-23-10-8-20-18(23)13-24(2)19(26)16-11-15(21-22-16)12-25-9-7-14-5-3-4-6-17(14)25/h3-11H,12-13H2,1-2H3,(H,21,22). The smallest absolute Gasteiger partial charge is 0.274 e. The summed E-state index contributed by atoms with van der Waals surface area (Å²) < 4.78 is 4.03. The van der Waals surface area contributed by atoms with Gasteiger partial charge in [-0.3, -0.25) is 9.89 Å². The Morgan fingerprint density at radius 1 is 1.23 bits per heavy atom. The van der Waals surface area contributed by atoms with Gasteiger partial charge in [-0.2, -0.15) is 5.10 Å². The number of nitrogens with zero attached hydrogens (tertiary/aromatic N) is 5. The van der Waals surface area contributed by atoms with Crippen LogP contribution >= 0.6 is 0 Å². The van der Waals surface area contributed by atoms with Crippen molar-refractivity contribution >= 4 is 16.8 Å². The van der Waals surface area contributed by atoms with Gasteiger partial charge >= 0.3 is 0 Å². The Hall–Kier alpha value is -3.35. The zero-order valence-corrected chi connectivity index (χ0v) is 14.8. The van der Waals surface area contributed by atoms with Crippen molar-refractivity contribution in [2.45, 2.75) is 13.1 Å². The Bertz CT molecular complexity index is 1060. The number of imidazole rings is 1. The number of aryl methyl sites for hydroxylation is 1. The molecule has 7 heteroatoms. The van der Waals surface area contributed by atoms with Gasteiger partial charge in [-0.15, -0.1) is 0 Å². The molecule has 0 saturated heterocycles. The predicted molar refractivity (Wildman–Crippen MR) is 98.6 cm³/mol. The Morgan fingerprint density at radius 3 is 2.88 bits per heavy atom. The van der Waals surface area contributed by atoms with E-state index in [0.29, 0.717) is 18.8 Å². The first kappa shape index (κ1) is 16.1. The topological polar surface area (TPSA) is 71.7 Å². The number of rotatable bonds is 5. The fraction of sp³-hybridized carbons (Fsp3) is 0.211. The van der Waals surface area contributed by atoms with Gasteiger partial charge in [0.25, 0.3) is 5.91 Å². The lowest BCUT2D eigenvalue weighted by atomic mass is 10.2. The van der Waals surface area contributed by atoms with Crippen LogP contribution in [-0.2, 0) is 20.1 Å². The van der Waals surface area contributed by atoms with Gasteiger partial charge in [-0.25, -0.2) is 4.98 Å². The molecule has 26 heavy (non-hydrogen) atoms. The van der Waals surface area contributed by atoms with E-state index in [9.17, 15) is 4.79 Å². The van der Waals surface area contributed by atoms with Crippen LogP contribution in [0, 0.1) is 0 Å². The van der Waals surface area contributed by atoms with Gasteiger partial charge in [0.05, 0.1) is 18.8 Å². The van der Waals surface area contributed by atoms with E-state index in [2.05, 4.69) is 37.9 Å². The van der Waals surface area contributed by atoms with Crippen molar-refractivity contribution in [1.29, 1.82) is 0 Å². The van der Waals surface area contributed by atoms with Crippen molar-refractivity contribution in [3.05, 3.63) is 72.2 Å². The molecular formula is C19H20N6O. The number of carbonyl (C=O) groups excluding carboxylic acids is 1. The zero-order chi connectivity index (χ0) is 18.1. The largest absolute Gasteiger partial charge is 0.341 e. The molecule has 1 N–H and O–H groups in total. The summed E-state index contributed by atoms with van der Waals surface area (Å²) in [6.45, 7) is 1.07. The summed E-state index contributed by atoms with van der Waals surface area (Å²) in [5.41, 5.74) is 2.45. The van der Waals surface area contributed by atoms with E-state index in [4.69, 9.17) is 0 Å². The molecule has 4 rings (SSSR count). The minimum atomic E-state index is -0.132. The quantitative estimate of drug-likeness (QED) is 0.602. The van der Waals surface area contributed by atoms with Gasteiger partial charge in [0.1, 0.15) is 11.5 Å². The second-order valence-corrected chi connectivity index (χ2v) is 6.40. The normalized spacial score (nSPS) is 11.2. The summed E-state index contributed by atoms with van der Waals surface area (Å²) >= 11 is 0. The Balaban J connectivity index is 1.48. The van der Waals surface area contributed by atoms with E-state index in [0.717, 1.165) is 17.0 Å². The number of carbonyl (C=O) groups is 1. The van der Waals surface area contributed by atoms with Crippen molar-refractivity contribution in [3.8, 4) is 0 Å². The van der Waals surface area contributed by atoms with Gasteiger partial charge in [0.2, 0.25) is 0 Å². The van der Waals surface area contributed by atoms with Gasteiger partial charge < -0.3 is 14.0 Å². The number of amides is 1. The van der Waals surface area contributed by atoms with E-state index >= 15 is 0 Å². The molecule has 132 valence electrons. The minimum absolute atomic E-state index is 0.132. The third-order valence-electron chi connectivity index (χ3n) is 4.52. The Labute approximate surface area is 150 Å². The highest BCUT2D eigenvalue weighted by Crippen LogP contribution is 2.16. The SMILES string of the molecule is CN(Cc1nccn1C)C(=O)c1cc(Cn2ccc3ccccc32)[nH]n1. The summed E-state index contributed by atoms with van der Waals surface area (Å²) in [5, 5.41) is 8.36. The first-order valence-corrected chi connectivity index (χ1v) is 8.41. The van der Waals surface area contributed by atoms with E-state index in [1.165, 1.54) is 5.39 Å². The highest BCUT2D eigenvalue weighted by molar-refractivity contribution is 5.92. The van der Waals surface area contributed by atoms with E-state index in [1.54, 1.807) is 18.1 Å². The van der Waals surface area contributed by atoms with Crippen LogP contribution in [-0.4, -0.2) is 42.2 Å². The van der Waals surface area contributed by atoms with E-state index < -0.39 is 0 Å². The van der Waals surface area contributed by atoms with Crippen LogP contribution in [0.3, 0.4) is 0 Å². The Kier molecular flexibility index (Phi) is 4.04. The number of aromatic amines is 1. The predicted octanol–water partition coefficient (Wildman–Crippen LogP) is 2.42. The third kappa shape index (κ3) is 2.99. The lowest BCUT2D eigenvalue weighted by Crippen LogP contribution is -2.27. The molecule has 3 aromatic heterocycles. The molecule has 0 aliphatic rings. The molecule has 0 aliphatic heterocycles. The summed E-state index contributed by atoms with van der Waals surface area (Å²) in [6.07, 6.45) is 5.63. The molecule has 1 amide bonds. The fourth-order valence-electron chi connectivity index (χ4n) is 3.04. The van der Waals surface area contributed by atoms with Gasteiger partial charge in [-0.05, 0) is 23.6 Å². The molecule has 0 bridgehead atoms. The molecule has 7 nitrogen and oxygen atoms in total. The molecule has 0 saturated carbocycles. The van der Waals surface area contributed by atoms with E-state index in [1.807, 2.05) is 42.2 Å². The average molecular weight is 348 g/mol. The molecule has 0 fully saturated rings. The molecule has 0 spiro atoms. The maximum absolute atomic E-state index is 12.6. The second-order valence-electron chi connectivity index (χ2n) is 6.40. The number of hydrogen-bond acceptors (Lipinski definition) is 3. The average Bonchev–Trinajstić information content (AvgIpc) is 3.37. The summed E-state index contributed by atoms with van der Waals surface area (Å²) in [7, 11) is 3.67. The maximum atomic E-state index is 12.6. The van der Waals surface area contributed by atoms with Crippen molar-refractivity contribution in [2.75, 3.05) is 7.05 Å². The molecule has 1 aromatic carbocycles. The van der Waals surface area contributed by atoms with Crippen LogP contribution in [0.4, 0.5) is 0 Å². The van der Waals surface area contributed by atoms with Gasteiger partial charge in [0.15, 0.2) is 0 Å². The summed E-state index contributed by atoms with van der Waals surface area (Å²) in [6, 6.07) is 12.1. The van der Waals surface area contributed by atoms with Gasteiger partial charge in [-0.1, -0.05) is 18.2 Å². The van der Waals surface area contributed by atoms with Crippen LogP contribution in [0.15, 0.2) is 55.0 Å². The zero-order valence-electron chi connectivity index (χ0n) is 14.8. The van der Waals surface area contributed by atoms with Crippen LogP contribution in [0.25, 0.3) is 10.9 Å². The number of nitrogens with one attached hydrogen (secondary N) is 1. The summed E-state index contributed by atoms with van der Waals surface area (Å²) in [5.74, 6) is 0.697. The molecule has 0 aliphatic carbocycles. The number of benzene rings is 1.